The van der Waals surface area contributed by atoms with Crippen molar-refractivity contribution >= 4 is 40.8 Å². The van der Waals surface area contributed by atoms with Gasteiger partial charge in [-0.2, -0.15) is 0 Å². The van der Waals surface area contributed by atoms with Crippen molar-refractivity contribution in [3.63, 3.8) is 0 Å². The fraction of sp³-hybridized carbons (Fsp3) is 0.0476. The van der Waals surface area contributed by atoms with Gasteiger partial charge in [-0.1, -0.05) is 47.6 Å². The molecule has 0 atom stereocenters. The number of carbonyl (C=O) groups is 2. The van der Waals surface area contributed by atoms with Gasteiger partial charge in [0, 0.05) is 27.5 Å². The van der Waals surface area contributed by atoms with Crippen molar-refractivity contribution in [3.05, 3.63) is 99.1 Å². The van der Waals surface area contributed by atoms with Crippen molar-refractivity contribution in [2.24, 2.45) is 0 Å². The highest BCUT2D eigenvalue weighted by Crippen LogP contribution is 2.32. The Labute approximate surface area is 175 Å². The third kappa shape index (κ3) is 5.22. The van der Waals surface area contributed by atoms with Crippen LogP contribution >= 0.6 is 23.4 Å². The minimum absolute atomic E-state index is 0.0138. The molecular formula is C21H14ClNO5S. The number of Topliss-reactive ketones (excluding diaryl/α,β-unsaturated/α-hetero) is 1. The first-order chi connectivity index (χ1) is 14.0. The summed E-state index contributed by atoms with van der Waals surface area (Å²) in [5, 5.41) is 11.1. The topological polar surface area (TPSA) is 86.5 Å². The lowest BCUT2D eigenvalue weighted by Crippen LogP contribution is -2.15. The monoisotopic (exact) mass is 427 g/mol. The van der Waals surface area contributed by atoms with Crippen LogP contribution < -0.4 is 0 Å². The van der Waals surface area contributed by atoms with E-state index in [4.69, 9.17) is 16.3 Å². The molecule has 3 rings (SSSR count). The molecule has 0 saturated heterocycles. The lowest BCUT2D eigenvalue weighted by Gasteiger charge is -2.09. The van der Waals surface area contributed by atoms with E-state index in [1.165, 1.54) is 23.9 Å². The number of esters is 1. The van der Waals surface area contributed by atoms with Crippen LogP contribution in [-0.2, 0) is 4.74 Å². The zero-order valence-electron chi connectivity index (χ0n) is 14.9. The summed E-state index contributed by atoms with van der Waals surface area (Å²) in [6, 6.07) is 19.3. The second-order valence-electron chi connectivity index (χ2n) is 5.83. The molecule has 3 aromatic rings. The van der Waals surface area contributed by atoms with E-state index in [1.807, 2.05) is 0 Å². The molecule has 0 N–H and O–H groups in total. The summed E-state index contributed by atoms with van der Waals surface area (Å²) in [5.74, 6) is -1.04. The van der Waals surface area contributed by atoms with Gasteiger partial charge in [0.1, 0.15) is 0 Å². The maximum absolute atomic E-state index is 12.5. The van der Waals surface area contributed by atoms with Crippen LogP contribution in [0.2, 0.25) is 5.02 Å². The molecule has 146 valence electrons. The number of rotatable bonds is 7. The third-order valence-corrected chi connectivity index (χ3v) is 5.30. The lowest BCUT2D eigenvalue weighted by molar-refractivity contribution is -0.384. The zero-order valence-corrected chi connectivity index (χ0v) is 16.5. The molecule has 0 radical (unpaired) electrons. The lowest BCUT2D eigenvalue weighted by atomic mass is 10.1. The van der Waals surface area contributed by atoms with Gasteiger partial charge < -0.3 is 4.74 Å². The molecule has 0 saturated carbocycles. The summed E-state index contributed by atoms with van der Waals surface area (Å²) < 4.78 is 5.18. The Balaban J connectivity index is 1.71. The van der Waals surface area contributed by atoms with Gasteiger partial charge in [0.05, 0.1) is 15.5 Å². The number of nitrogens with zero attached hydrogens (tertiary/aromatic N) is 1. The van der Waals surface area contributed by atoms with E-state index in [9.17, 15) is 19.7 Å². The van der Waals surface area contributed by atoms with Crippen molar-refractivity contribution in [2.45, 2.75) is 9.79 Å². The Morgan fingerprint density at radius 1 is 0.931 bits per heavy atom. The summed E-state index contributed by atoms with van der Waals surface area (Å²) in [6.45, 7) is -0.431. The van der Waals surface area contributed by atoms with Crippen molar-refractivity contribution in [1.82, 2.24) is 0 Å². The third-order valence-electron chi connectivity index (χ3n) is 3.89. The molecule has 3 aromatic carbocycles. The fourth-order valence-electron chi connectivity index (χ4n) is 2.46. The number of benzene rings is 3. The van der Waals surface area contributed by atoms with Gasteiger partial charge in [0.15, 0.2) is 6.61 Å². The van der Waals surface area contributed by atoms with E-state index >= 15 is 0 Å². The molecule has 0 fully saturated rings. The Morgan fingerprint density at radius 3 is 2.21 bits per heavy atom. The number of nitro groups is 1. The number of nitro benzene ring substituents is 1. The molecule has 0 aromatic heterocycles. The summed E-state index contributed by atoms with van der Waals surface area (Å²) >= 11 is 7.26. The van der Waals surface area contributed by atoms with Crippen molar-refractivity contribution < 1.29 is 19.2 Å². The number of ketones is 1. The Morgan fingerprint density at radius 2 is 1.55 bits per heavy atom. The van der Waals surface area contributed by atoms with E-state index in [0.717, 1.165) is 4.90 Å². The highest BCUT2D eigenvalue weighted by Gasteiger charge is 2.17. The van der Waals surface area contributed by atoms with Crippen LogP contribution in [0.3, 0.4) is 0 Å². The molecule has 0 aliphatic carbocycles. The predicted molar refractivity (Wildman–Crippen MR) is 110 cm³/mol. The number of carbonyl (C=O) groups excluding carboxylic acids is 2. The molecule has 0 amide bonds. The molecule has 0 aliphatic rings. The minimum atomic E-state index is -0.643. The molecule has 0 unspecified atom stereocenters. The van der Waals surface area contributed by atoms with Crippen LogP contribution in [0.4, 0.5) is 5.69 Å². The molecule has 0 heterocycles. The van der Waals surface area contributed by atoms with Crippen molar-refractivity contribution in [1.29, 1.82) is 0 Å². The van der Waals surface area contributed by atoms with E-state index in [2.05, 4.69) is 0 Å². The van der Waals surface area contributed by atoms with Crippen LogP contribution in [0.15, 0.2) is 82.6 Å². The van der Waals surface area contributed by atoms with Gasteiger partial charge in [0.25, 0.3) is 5.69 Å². The zero-order chi connectivity index (χ0) is 20.8. The second-order valence-corrected chi connectivity index (χ2v) is 7.35. The molecule has 8 heteroatoms. The number of hydrogen-bond donors (Lipinski definition) is 0. The second kappa shape index (κ2) is 9.36. The molecule has 0 aliphatic heterocycles. The van der Waals surface area contributed by atoms with Gasteiger partial charge in [0.2, 0.25) is 5.78 Å². The van der Waals surface area contributed by atoms with E-state index in [-0.39, 0.29) is 11.3 Å². The standard InChI is InChI=1S/C21H14ClNO5S/c22-18-7-3-1-5-16(18)19(24)13-28-21(25)17-6-2-4-8-20(17)29-15-11-9-14(10-12-15)23(26)27/h1-12H,13H2. The average molecular weight is 428 g/mol. The highest BCUT2D eigenvalue weighted by atomic mass is 35.5. The number of halogens is 1. The van der Waals surface area contributed by atoms with Gasteiger partial charge in [-0.05, 0) is 36.4 Å². The maximum Gasteiger partial charge on any atom is 0.339 e. The highest BCUT2D eigenvalue weighted by molar-refractivity contribution is 7.99. The van der Waals surface area contributed by atoms with Crippen molar-refractivity contribution in [3.8, 4) is 0 Å². The normalized spacial score (nSPS) is 10.4. The molecular weight excluding hydrogens is 414 g/mol. The van der Waals surface area contributed by atoms with E-state index < -0.39 is 23.3 Å². The number of non-ortho nitro benzene ring substituents is 1. The average Bonchev–Trinajstić information content (AvgIpc) is 2.73. The van der Waals surface area contributed by atoms with E-state index in [0.29, 0.717) is 15.5 Å². The van der Waals surface area contributed by atoms with Crippen LogP contribution in [0.1, 0.15) is 20.7 Å². The Kier molecular flexibility index (Phi) is 6.64. The van der Waals surface area contributed by atoms with Gasteiger partial charge in [-0.25, -0.2) is 4.79 Å². The van der Waals surface area contributed by atoms with Crippen LogP contribution in [-0.4, -0.2) is 23.3 Å². The van der Waals surface area contributed by atoms with Crippen LogP contribution in [0.25, 0.3) is 0 Å². The Hall–Kier alpha value is -3.16. The van der Waals surface area contributed by atoms with Crippen molar-refractivity contribution in [2.75, 3.05) is 6.61 Å². The van der Waals surface area contributed by atoms with Gasteiger partial charge in [-0.15, -0.1) is 0 Å². The summed E-state index contributed by atoms with van der Waals surface area (Å²) in [4.78, 5) is 36.4. The minimum Gasteiger partial charge on any atom is -0.454 e. The van der Waals surface area contributed by atoms with Gasteiger partial charge >= 0.3 is 5.97 Å². The molecule has 29 heavy (non-hydrogen) atoms. The number of hydrogen-bond acceptors (Lipinski definition) is 6. The largest absolute Gasteiger partial charge is 0.454 e. The quantitative estimate of drug-likeness (QED) is 0.216. The maximum atomic E-state index is 12.5. The summed E-state index contributed by atoms with van der Waals surface area (Å²) in [5.41, 5.74) is 0.568. The molecule has 6 nitrogen and oxygen atoms in total. The molecule has 0 bridgehead atoms. The van der Waals surface area contributed by atoms with E-state index in [1.54, 1.807) is 60.7 Å². The summed E-state index contributed by atoms with van der Waals surface area (Å²) in [7, 11) is 0. The number of ether oxygens (including phenoxy) is 1. The van der Waals surface area contributed by atoms with Gasteiger partial charge in [-0.3, -0.25) is 14.9 Å². The fourth-order valence-corrected chi connectivity index (χ4v) is 3.64. The smallest absolute Gasteiger partial charge is 0.339 e. The predicted octanol–water partition coefficient (Wildman–Crippen LogP) is 5.44. The van der Waals surface area contributed by atoms with Crippen LogP contribution in [0, 0.1) is 10.1 Å². The SMILES string of the molecule is O=C(COC(=O)c1ccccc1Sc1ccc([N+](=O)[O-])cc1)c1ccccc1Cl. The van der Waals surface area contributed by atoms with Crippen LogP contribution in [0.5, 0.6) is 0 Å². The first kappa shape index (κ1) is 20.6. The first-order valence-corrected chi connectivity index (χ1v) is 9.61. The summed E-state index contributed by atoms with van der Waals surface area (Å²) in [6.07, 6.45) is 0. The molecule has 0 spiro atoms. The first-order valence-electron chi connectivity index (χ1n) is 8.42. The Bertz CT molecular complexity index is 1070.